The Hall–Kier alpha value is -1.48. The first-order valence-corrected chi connectivity index (χ1v) is 5.48. The summed E-state index contributed by atoms with van der Waals surface area (Å²) in [5.41, 5.74) is -0.614. The lowest BCUT2D eigenvalue weighted by atomic mass is 10.1. The van der Waals surface area contributed by atoms with E-state index >= 15 is 0 Å². The molecule has 2 rings (SSSR count). The molecule has 4 atom stereocenters. The molecule has 4 N–H and O–H groups in total. The fourth-order valence-electron chi connectivity index (χ4n) is 1.86. The number of nitrogens with one attached hydrogen (secondary N) is 1. The van der Waals surface area contributed by atoms with Crippen LogP contribution in [-0.4, -0.2) is 56.8 Å². The van der Waals surface area contributed by atoms with Crippen molar-refractivity contribution in [1.82, 2.24) is 9.55 Å². The highest BCUT2D eigenvalue weighted by Crippen LogP contribution is 2.27. The van der Waals surface area contributed by atoms with Crippen LogP contribution in [0.3, 0.4) is 0 Å². The normalized spacial score (nSPS) is 31.6. The number of ether oxygens (including phenoxy) is 1. The molecule has 1 aromatic rings. The lowest BCUT2D eigenvalue weighted by molar-refractivity contribution is -0.0549. The highest BCUT2D eigenvalue weighted by molar-refractivity contribution is 5.30. The van der Waals surface area contributed by atoms with Crippen molar-refractivity contribution in [3.05, 3.63) is 22.7 Å². The zero-order chi connectivity index (χ0) is 13.3. The molecule has 0 saturated carbocycles. The first kappa shape index (κ1) is 13.0. The van der Waals surface area contributed by atoms with Crippen molar-refractivity contribution in [3.8, 4) is 0 Å². The number of anilines is 1. The van der Waals surface area contributed by atoms with Crippen LogP contribution in [0.2, 0.25) is 0 Å². The average molecular weight is 257 g/mol. The third-order valence-electron chi connectivity index (χ3n) is 2.88. The predicted molar refractivity (Wildman–Crippen MR) is 61.1 cm³/mol. The molecule has 1 aliphatic rings. The Kier molecular flexibility index (Phi) is 3.62. The minimum atomic E-state index is -1.29. The summed E-state index contributed by atoms with van der Waals surface area (Å²) in [5.74, 6) is 0.392. The second-order valence-corrected chi connectivity index (χ2v) is 3.98. The number of hydrogen-bond acceptors (Lipinski definition) is 7. The van der Waals surface area contributed by atoms with E-state index in [4.69, 9.17) is 9.84 Å². The van der Waals surface area contributed by atoms with Crippen molar-refractivity contribution in [3.63, 3.8) is 0 Å². The Morgan fingerprint density at radius 2 is 2.22 bits per heavy atom. The van der Waals surface area contributed by atoms with E-state index in [-0.39, 0.29) is 0 Å². The number of hydrogen-bond donors (Lipinski definition) is 4. The first-order chi connectivity index (χ1) is 8.58. The minimum Gasteiger partial charge on any atom is -0.394 e. The third-order valence-corrected chi connectivity index (χ3v) is 2.88. The maximum atomic E-state index is 11.7. The summed E-state index contributed by atoms with van der Waals surface area (Å²) in [6.45, 7) is -0.439. The Morgan fingerprint density at radius 1 is 1.50 bits per heavy atom. The van der Waals surface area contributed by atoms with Crippen LogP contribution in [0.4, 0.5) is 5.82 Å². The van der Waals surface area contributed by atoms with Gasteiger partial charge in [0.2, 0.25) is 0 Å². The number of aliphatic hydroxyl groups is 3. The summed E-state index contributed by atoms with van der Waals surface area (Å²) in [5, 5.41) is 31.0. The molecule has 2 heterocycles. The molecular weight excluding hydrogens is 242 g/mol. The second-order valence-electron chi connectivity index (χ2n) is 3.98. The van der Waals surface area contributed by atoms with Crippen molar-refractivity contribution in [2.45, 2.75) is 24.5 Å². The SMILES string of the molecule is CNc1ccn(C2OC(CO)[C@H](O)C2O)c(=O)n1. The highest BCUT2D eigenvalue weighted by atomic mass is 16.6. The number of aliphatic hydroxyl groups excluding tert-OH is 3. The van der Waals surface area contributed by atoms with Crippen LogP contribution in [-0.2, 0) is 4.74 Å². The predicted octanol–water partition coefficient (Wildman–Crippen LogP) is -2.10. The monoisotopic (exact) mass is 257 g/mol. The number of rotatable bonds is 3. The minimum absolute atomic E-state index is 0.392. The Bertz CT molecular complexity index is 477. The molecule has 0 aliphatic carbocycles. The zero-order valence-corrected chi connectivity index (χ0v) is 9.72. The molecule has 8 heteroatoms. The largest absolute Gasteiger partial charge is 0.394 e. The third kappa shape index (κ3) is 2.10. The molecule has 0 spiro atoms. The molecule has 100 valence electrons. The van der Waals surface area contributed by atoms with E-state index in [9.17, 15) is 15.0 Å². The standard InChI is InChI=1S/C10H15N3O5/c1-11-6-2-3-13(10(17)12-6)9-8(16)7(15)5(4-14)18-9/h2-3,5,7-9,14-16H,4H2,1H3,(H,11,12,17)/t5?,7-,8?,9?/m0/s1. The van der Waals surface area contributed by atoms with Gasteiger partial charge in [-0.1, -0.05) is 0 Å². The first-order valence-electron chi connectivity index (χ1n) is 5.48. The highest BCUT2D eigenvalue weighted by Gasteiger charge is 2.43. The van der Waals surface area contributed by atoms with E-state index in [0.717, 1.165) is 4.57 Å². The van der Waals surface area contributed by atoms with Gasteiger partial charge in [-0.05, 0) is 6.07 Å². The number of aromatic nitrogens is 2. The van der Waals surface area contributed by atoms with Gasteiger partial charge in [0, 0.05) is 13.2 Å². The van der Waals surface area contributed by atoms with Crippen LogP contribution in [0.1, 0.15) is 6.23 Å². The molecule has 18 heavy (non-hydrogen) atoms. The number of nitrogens with zero attached hydrogens (tertiary/aromatic N) is 2. The maximum Gasteiger partial charge on any atom is 0.351 e. The van der Waals surface area contributed by atoms with Crippen molar-refractivity contribution in [1.29, 1.82) is 0 Å². The van der Waals surface area contributed by atoms with E-state index in [1.54, 1.807) is 7.05 Å². The van der Waals surface area contributed by atoms with Crippen LogP contribution >= 0.6 is 0 Å². The molecule has 1 aliphatic heterocycles. The Labute approximate surface area is 102 Å². The van der Waals surface area contributed by atoms with Gasteiger partial charge in [0.05, 0.1) is 6.61 Å². The molecular formula is C10H15N3O5. The van der Waals surface area contributed by atoms with Gasteiger partial charge in [0.15, 0.2) is 6.23 Å². The summed E-state index contributed by atoms with van der Waals surface area (Å²) in [4.78, 5) is 15.4. The lowest BCUT2D eigenvalue weighted by Gasteiger charge is -2.17. The maximum absolute atomic E-state index is 11.7. The molecule has 1 aromatic heterocycles. The van der Waals surface area contributed by atoms with Gasteiger partial charge in [-0.25, -0.2) is 4.79 Å². The molecule has 0 aromatic carbocycles. The van der Waals surface area contributed by atoms with Gasteiger partial charge < -0.3 is 25.4 Å². The summed E-state index contributed by atoms with van der Waals surface area (Å²) in [6.07, 6.45) is -3.09. The summed E-state index contributed by atoms with van der Waals surface area (Å²) in [6, 6.07) is 1.54. The molecule has 0 bridgehead atoms. The van der Waals surface area contributed by atoms with Crippen LogP contribution in [0, 0.1) is 0 Å². The average Bonchev–Trinajstić information content (AvgIpc) is 2.66. The van der Waals surface area contributed by atoms with E-state index in [1.165, 1.54) is 12.3 Å². The Balaban J connectivity index is 2.30. The van der Waals surface area contributed by atoms with Crippen molar-refractivity contribution >= 4 is 5.82 Å². The summed E-state index contributed by atoms with van der Waals surface area (Å²) >= 11 is 0. The summed E-state index contributed by atoms with van der Waals surface area (Å²) < 4.78 is 6.30. The molecule has 8 nitrogen and oxygen atoms in total. The van der Waals surface area contributed by atoms with Gasteiger partial charge in [0.25, 0.3) is 0 Å². The second kappa shape index (κ2) is 5.02. The van der Waals surface area contributed by atoms with E-state index in [1.807, 2.05) is 0 Å². The molecule has 1 fully saturated rings. The van der Waals surface area contributed by atoms with Crippen LogP contribution < -0.4 is 11.0 Å². The van der Waals surface area contributed by atoms with Crippen molar-refractivity contribution < 1.29 is 20.1 Å². The molecule has 3 unspecified atom stereocenters. The van der Waals surface area contributed by atoms with Gasteiger partial charge in [-0.2, -0.15) is 4.98 Å². The molecule has 0 radical (unpaired) electrons. The van der Waals surface area contributed by atoms with Gasteiger partial charge in [-0.3, -0.25) is 4.57 Å². The van der Waals surface area contributed by atoms with E-state index < -0.39 is 36.8 Å². The van der Waals surface area contributed by atoms with Crippen LogP contribution in [0.5, 0.6) is 0 Å². The van der Waals surface area contributed by atoms with Gasteiger partial charge in [0.1, 0.15) is 24.1 Å². The van der Waals surface area contributed by atoms with Crippen molar-refractivity contribution in [2.75, 3.05) is 19.0 Å². The smallest absolute Gasteiger partial charge is 0.351 e. The fraction of sp³-hybridized carbons (Fsp3) is 0.600. The van der Waals surface area contributed by atoms with Crippen LogP contribution in [0.25, 0.3) is 0 Å². The Morgan fingerprint density at radius 3 is 2.72 bits per heavy atom. The zero-order valence-electron chi connectivity index (χ0n) is 9.72. The molecule has 1 saturated heterocycles. The van der Waals surface area contributed by atoms with Gasteiger partial charge >= 0.3 is 5.69 Å². The molecule has 0 amide bonds. The van der Waals surface area contributed by atoms with Gasteiger partial charge in [-0.15, -0.1) is 0 Å². The van der Waals surface area contributed by atoms with E-state index in [2.05, 4.69) is 10.3 Å². The van der Waals surface area contributed by atoms with Crippen LogP contribution in [0.15, 0.2) is 17.1 Å². The lowest BCUT2D eigenvalue weighted by Crippen LogP contribution is -2.36. The topological polar surface area (TPSA) is 117 Å². The van der Waals surface area contributed by atoms with Crippen molar-refractivity contribution in [2.24, 2.45) is 0 Å². The fourth-order valence-corrected chi connectivity index (χ4v) is 1.86. The summed E-state index contributed by atoms with van der Waals surface area (Å²) in [7, 11) is 1.62. The van der Waals surface area contributed by atoms with E-state index in [0.29, 0.717) is 5.82 Å². The quantitative estimate of drug-likeness (QED) is 0.490.